The van der Waals surface area contributed by atoms with Gasteiger partial charge in [0.2, 0.25) is 0 Å². The second kappa shape index (κ2) is 9.22. The maximum atomic E-state index is 11.8. The number of thioether (sulfide) groups is 1. The van der Waals surface area contributed by atoms with E-state index >= 15 is 0 Å². The molecule has 0 aliphatic carbocycles. The number of hydrogen-bond acceptors (Lipinski definition) is 4. The number of urea groups is 1. The molecule has 5 N–H and O–H groups in total. The van der Waals surface area contributed by atoms with Crippen molar-refractivity contribution in [3.05, 3.63) is 29.8 Å². The van der Waals surface area contributed by atoms with Crippen molar-refractivity contribution in [3.63, 3.8) is 0 Å². The van der Waals surface area contributed by atoms with Crippen molar-refractivity contribution in [2.24, 2.45) is 5.73 Å². The van der Waals surface area contributed by atoms with Gasteiger partial charge in [-0.3, -0.25) is 4.79 Å². The van der Waals surface area contributed by atoms with Crippen molar-refractivity contribution in [2.75, 3.05) is 30.0 Å². The molecule has 7 heteroatoms. The van der Waals surface area contributed by atoms with Crippen molar-refractivity contribution in [1.29, 1.82) is 0 Å². The summed E-state index contributed by atoms with van der Waals surface area (Å²) in [6.07, 6.45) is 0.771. The van der Waals surface area contributed by atoms with Crippen LogP contribution in [-0.4, -0.2) is 41.7 Å². The number of aliphatic hydroxyl groups is 1. The second-order valence-corrected chi connectivity index (χ2v) is 5.24. The number of rotatable bonds is 8. The standard InChI is InChI=1S/C13H19N3O3S/c14-13(19)16-11-4-2-10(3-5-11)12(18)15-6-9-20-8-1-7-17/h2-5,17H,1,6-9H2,(H,15,18)(H3,14,16,19). The summed E-state index contributed by atoms with van der Waals surface area (Å²) in [7, 11) is 0. The molecule has 0 heterocycles. The molecule has 0 bridgehead atoms. The van der Waals surface area contributed by atoms with Crippen LogP contribution in [0.2, 0.25) is 0 Å². The summed E-state index contributed by atoms with van der Waals surface area (Å²) < 4.78 is 0. The fourth-order valence-corrected chi connectivity index (χ4v) is 2.24. The molecule has 0 spiro atoms. The number of nitrogens with two attached hydrogens (primary N) is 1. The van der Waals surface area contributed by atoms with Crippen LogP contribution in [0.5, 0.6) is 0 Å². The van der Waals surface area contributed by atoms with Gasteiger partial charge in [0.15, 0.2) is 0 Å². The number of carbonyl (C=O) groups excluding carboxylic acids is 2. The van der Waals surface area contributed by atoms with E-state index in [0.717, 1.165) is 17.9 Å². The molecule has 3 amide bonds. The van der Waals surface area contributed by atoms with Crippen molar-refractivity contribution in [1.82, 2.24) is 5.32 Å². The number of carbonyl (C=O) groups is 2. The van der Waals surface area contributed by atoms with Gasteiger partial charge in [0, 0.05) is 30.2 Å². The highest BCUT2D eigenvalue weighted by atomic mass is 32.2. The number of nitrogens with one attached hydrogen (secondary N) is 2. The molecule has 0 radical (unpaired) electrons. The number of anilines is 1. The van der Waals surface area contributed by atoms with Crippen LogP contribution in [0.4, 0.5) is 10.5 Å². The van der Waals surface area contributed by atoms with E-state index in [1.54, 1.807) is 36.0 Å². The molecule has 1 rings (SSSR count). The molecule has 0 saturated heterocycles. The third-order valence-electron chi connectivity index (χ3n) is 2.39. The zero-order valence-corrected chi connectivity index (χ0v) is 11.9. The molecule has 1 aromatic carbocycles. The van der Waals surface area contributed by atoms with E-state index in [2.05, 4.69) is 10.6 Å². The lowest BCUT2D eigenvalue weighted by Crippen LogP contribution is -2.26. The van der Waals surface area contributed by atoms with E-state index in [-0.39, 0.29) is 12.5 Å². The number of hydrogen-bond donors (Lipinski definition) is 4. The normalized spacial score (nSPS) is 10.1. The van der Waals surface area contributed by atoms with Gasteiger partial charge in [-0.25, -0.2) is 4.79 Å². The predicted octanol–water partition coefficient (Wildman–Crippen LogP) is 1.02. The molecule has 1 aromatic rings. The maximum Gasteiger partial charge on any atom is 0.316 e. The third-order valence-corrected chi connectivity index (χ3v) is 3.46. The van der Waals surface area contributed by atoms with E-state index in [1.807, 2.05) is 0 Å². The average Bonchev–Trinajstić information content (AvgIpc) is 2.42. The Morgan fingerprint density at radius 2 is 1.90 bits per heavy atom. The number of primary amides is 1. The van der Waals surface area contributed by atoms with Crippen molar-refractivity contribution < 1.29 is 14.7 Å². The number of benzene rings is 1. The van der Waals surface area contributed by atoms with Gasteiger partial charge in [-0.2, -0.15) is 11.8 Å². The van der Waals surface area contributed by atoms with Gasteiger partial charge < -0.3 is 21.5 Å². The average molecular weight is 297 g/mol. The molecule has 0 fully saturated rings. The molecule has 0 unspecified atom stereocenters. The van der Waals surface area contributed by atoms with Crippen LogP contribution in [-0.2, 0) is 0 Å². The predicted molar refractivity (Wildman–Crippen MR) is 81.0 cm³/mol. The van der Waals surface area contributed by atoms with Crippen LogP contribution in [0.3, 0.4) is 0 Å². The quantitative estimate of drug-likeness (QED) is 0.538. The van der Waals surface area contributed by atoms with E-state index in [1.165, 1.54) is 0 Å². The first-order valence-corrected chi connectivity index (χ1v) is 7.42. The Bertz CT molecular complexity index is 437. The molecule has 20 heavy (non-hydrogen) atoms. The van der Waals surface area contributed by atoms with Gasteiger partial charge in [0.25, 0.3) is 5.91 Å². The van der Waals surface area contributed by atoms with Gasteiger partial charge in [0.05, 0.1) is 0 Å². The maximum absolute atomic E-state index is 11.8. The topological polar surface area (TPSA) is 104 Å². The summed E-state index contributed by atoms with van der Waals surface area (Å²) in [6.45, 7) is 0.779. The lowest BCUT2D eigenvalue weighted by Gasteiger charge is -2.06. The largest absolute Gasteiger partial charge is 0.396 e. The van der Waals surface area contributed by atoms with Gasteiger partial charge in [-0.15, -0.1) is 0 Å². The molecule has 0 aliphatic rings. The Hall–Kier alpha value is -1.73. The monoisotopic (exact) mass is 297 g/mol. The minimum Gasteiger partial charge on any atom is -0.396 e. The highest BCUT2D eigenvalue weighted by Crippen LogP contribution is 2.09. The Kier molecular flexibility index (Phi) is 7.52. The van der Waals surface area contributed by atoms with Crippen LogP contribution < -0.4 is 16.4 Å². The van der Waals surface area contributed by atoms with E-state index < -0.39 is 6.03 Å². The van der Waals surface area contributed by atoms with Crippen LogP contribution in [0.25, 0.3) is 0 Å². The Morgan fingerprint density at radius 1 is 1.20 bits per heavy atom. The van der Waals surface area contributed by atoms with Gasteiger partial charge in [-0.05, 0) is 36.4 Å². The second-order valence-electron chi connectivity index (χ2n) is 4.01. The summed E-state index contributed by atoms with van der Waals surface area (Å²) in [5.74, 6) is 1.55. The third kappa shape index (κ3) is 6.44. The smallest absolute Gasteiger partial charge is 0.316 e. The summed E-state index contributed by atoms with van der Waals surface area (Å²) >= 11 is 1.69. The van der Waals surface area contributed by atoms with Crippen molar-refractivity contribution in [2.45, 2.75) is 6.42 Å². The molecular weight excluding hydrogens is 278 g/mol. The first kappa shape index (κ1) is 16.3. The zero-order chi connectivity index (χ0) is 14.8. The lowest BCUT2D eigenvalue weighted by atomic mass is 10.2. The molecule has 0 aliphatic heterocycles. The van der Waals surface area contributed by atoms with Crippen LogP contribution in [0.15, 0.2) is 24.3 Å². The Balaban J connectivity index is 2.30. The molecular formula is C13H19N3O3S. The Labute approximate surface area is 122 Å². The fourth-order valence-electron chi connectivity index (χ4n) is 1.45. The SMILES string of the molecule is NC(=O)Nc1ccc(C(=O)NCCSCCCO)cc1. The summed E-state index contributed by atoms with van der Waals surface area (Å²) in [4.78, 5) is 22.4. The first-order chi connectivity index (χ1) is 9.63. The lowest BCUT2D eigenvalue weighted by molar-refractivity contribution is 0.0956. The summed E-state index contributed by atoms with van der Waals surface area (Å²) in [6, 6.07) is 5.85. The van der Waals surface area contributed by atoms with Crippen LogP contribution in [0, 0.1) is 0 Å². The molecule has 110 valence electrons. The van der Waals surface area contributed by atoms with E-state index in [0.29, 0.717) is 17.8 Å². The summed E-state index contributed by atoms with van der Waals surface area (Å²) in [5.41, 5.74) is 6.07. The molecule has 0 saturated carbocycles. The van der Waals surface area contributed by atoms with Gasteiger partial charge in [0.1, 0.15) is 0 Å². The van der Waals surface area contributed by atoms with Crippen LogP contribution >= 0.6 is 11.8 Å². The molecule has 6 nitrogen and oxygen atoms in total. The number of aliphatic hydroxyl groups excluding tert-OH is 1. The Morgan fingerprint density at radius 3 is 2.50 bits per heavy atom. The first-order valence-electron chi connectivity index (χ1n) is 6.27. The van der Waals surface area contributed by atoms with Crippen molar-refractivity contribution in [3.8, 4) is 0 Å². The number of amides is 3. The summed E-state index contributed by atoms with van der Waals surface area (Å²) in [5, 5.41) is 13.8. The van der Waals surface area contributed by atoms with E-state index in [4.69, 9.17) is 10.8 Å². The minimum absolute atomic E-state index is 0.154. The highest BCUT2D eigenvalue weighted by molar-refractivity contribution is 7.99. The molecule has 0 atom stereocenters. The molecule has 0 aromatic heterocycles. The fraction of sp³-hybridized carbons (Fsp3) is 0.385. The zero-order valence-electron chi connectivity index (χ0n) is 11.1. The highest BCUT2D eigenvalue weighted by Gasteiger charge is 2.05. The van der Waals surface area contributed by atoms with Crippen LogP contribution in [0.1, 0.15) is 16.8 Å². The van der Waals surface area contributed by atoms with E-state index in [9.17, 15) is 9.59 Å². The van der Waals surface area contributed by atoms with Gasteiger partial charge >= 0.3 is 6.03 Å². The van der Waals surface area contributed by atoms with Gasteiger partial charge in [-0.1, -0.05) is 0 Å². The minimum atomic E-state index is -0.637. The van der Waals surface area contributed by atoms with Crippen molar-refractivity contribution >= 4 is 29.4 Å².